The molecule has 0 atom stereocenters. The number of aromatic nitrogens is 4. The Bertz CT molecular complexity index is 1010. The first-order valence-corrected chi connectivity index (χ1v) is 9.35. The van der Waals surface area contributed by atoms with Crippen LogP contribution in [0.15, 0.2) is 67.3 Å². The van der Waals surface area contributed by atoms with Gasteiger partial charge in [-0.2, -0.15) is 0 Å². The second kappa shape index (κ2) is 9.66. The maximum absolute atomic E-state index is 9.59. The third-order valence-corrected chi connectivity index (χ3v) is 4.24. The summed E-state index contributed by atoms with van der Waals surface area (Å²) < 4.78 is 1.99. The summed E-state index contributed by atoms with van der Waals surface area (Å²) in [7, 11) is 6.05. The predicted molar refractivity (Wildman–Crippen MR) is 115 cm³/mol. The van der Waals surface area contributed by atoms with Crippen molar-refractivity contribution in [2.75, 3.05) is 19.4 Å². The maximum atomic E-state index is 9.59. The van der Waals surface area contributed by atoms with Gasteiger partial charge >= 0.3 is 0 Å². The quantitative estimate of drug-likeness (QED) is 0.672. The fourth-order valence-electron chi connectivity index (χ4n) is 2.84. The van der Waals surface area contributed by atoms with Crippen LogP contribution in [0.3, 0.4) is 0 Å². The number of phenols is 1. The zero-order valence-electron chi connectivity index (χ0n) is 16.9. The molecule has 7 heteroatoms. The Morgan fingerprint density at radius 3 is 2.72 bits per heavy atom. The van der Waals surface area contributed by atoms with Gasteiger partial charge in [0, 0.05) is 38.7 Å². The molecule has 2 heterocycles. The minimum atomic E-state index is 0.239. The molecule has 0 spiro atoms. The topological polar surface area (TPSA) is 79.1 Å². The molecule has 0 unspecified atom stereocenters. The molecule has 7 nitrogen and oxygen atoms in total. The van der Waals surface area contributed by atoms with E-state index in [0.29, 0.717) is 12.5 Å². The molecule has 0 radical (unpaired) electrons. The maximum Gasteiger partial charge on any atom is 0.223 e. The van der Waals surface area contributed by atoms with Crippen LogP contribution in [-0.4, -0.2) is 43.6 Å². The van der Waals surface area contributed by atoms with Crippen LogP contribution in [0.2, 0.25) is 0 Å². The van der Waals surface area contributed by atoms with E-state index in [1.54, 1.807) is 30.7 Å². The number of rotatable bonds is 6. The van der Waals surface area contributed by atoms with E-state index in [0.717, 1.165) is 29.1 Å². The molecule has 0 saturated carbocycles. The largest absolute Gasteiger partial charge is 0.508 e. The van der Waals surface area contributed by atoms with Gasteiger partial charge in [-0.25, -0.2) is 9.97 Å². The lowest BCUT2D eigenvalue weighted by Gasteiger charge is -2.09. The average Bonchev–Trinajstić information content (AvgIpc) is 2.78. The van der Waals surface area contributed by atoms with Crippen molar-refractivity contribution in [3.8, 4) is 17.1 Å². The highest BCUT2D eigenvalue weighted by Gasteiger charge is 2.05. The fraction of sp³-hybridized carbons (Fsp3) is 0.227. The van der Waals surface area contributed by atoms with Crippen molar-refractivity contribution in [3.63, 3.8) is 0 Å². The Morgan fingerprint density at radius 1 is 1.07 bits per heavy atom. The summed E-state index contributed by atoms with van der Waals surface area (Å²) in [5, 5.41) is 12.8. The van der Waals surface area contributed by atoms with E-state index in [9.17, 15) is 5.11 Å². The Kier molecular flexibility index (Phi) is 6.76. The minimum Gasteiger partial charge on any atom is -0.508 e. The Morgan fingerprint density at radius 2 is 1.93 bits per heavy atom. The Balaban J connectivity index is 1.86. The standard InChI is InChI=1S/C22H26N6O/c1-27(2)16-17-7-10-23-15-21(28(3)12-9-17)20-8-11-24-22(26-20)25-14-18-5-4-6-19(29)13-18/h4-13,15,29H,14,16H2,1-3H3,(H,24,25,26). The highest BCUT2D eigenvalue weighted by atomic mass is 16.3. The van der Waals surface area contributed by atoms with Gasteiger partial charge in [0.15, 0.2) is 0 Å². The second-order valence-electron chi connectivity index (χ2n) is 7.01. The molecule has 150 valence electrons. The van der Waals surface area contributed by atoms with Crippen molar-refractivity contribution in [1.29, 1.82) is 0 Å². The summed E-state index contributed by atoms with van der Waals surface area (Å²) in [6.45, 7) is 1.35. The van der Waals surface area contributed by atoms with Crippen LogP contribution in [-0.2, 0) is 20.1 Å². The molecule has 1 aromatic carbocycles. The highest BCUT2D eigenvalue weighted by Crippen LogP contribution is 2.16. The molecule has 3 rings (SSSR count). The number of nitrogens with zero attached hydrogens (tertiary/aromatic N) is 5. The minimum absolute atomic E-state index is 0.239. The van der Waals surface area contributed by atoms with E-state index < -0.39 is 0 Å². The van der Waals surface area contributed by atoms with Crippen LogP contribution >= 0.6 is 0 Å². The molecular formula is C22H26N6O. The smallest absolute Gasteiger partial charge is 0.223 e. The van der Waals surface area contributed by atoms with E-state index in [1.165, 1.54) is 0 Å². The molecule has 0 saturated heterocycles. The van der Waals surface area contributed by atoms with Crippen molar-refractivity contribution < 1.29 is 5.11 Å². The lowest BCUT2D eigenvalue weighted by atomic mass is 10.2. The van der Waals surface area contributed by atoms with Crippen molar-refractivity contribution in [1.82, 2.24) is 24.4 Å². The first-order valence-electron chi connectivity index (χ1n) is 9.35. The number of aromatic hydroxyl groups is 1. The van der Waals surface area contributed by atoms with E-state index in [4.69, 9.17) is 0 Å². The lowest BCUT2D eigenvalue weighted by molar-refractivity contribution is 0.402. The monoisotopic (exact) mass is 390 g/mol. The van der Waals surface area contributed by atoms with E-state index >= 15 is 0 Å². The van der Waals surface area contributed by atoms with Crippen molar-refractivity contribution in [2.24, 2.45) is 7.05 Å². The Hall–Kier alpha value is -3.45. The van der Waals surface area contributed by atoms with Gasteiger partial charge in [-0.3, -0.25) is 4.98 Å². The van der Waals surface area contributed by atoms with Crippen LogP contribution < -0.4 is 5.32 Å². The molecule has 3 aromatic rings. The van der Waals surface area contributed by atoms with Gasteiger partial charge in [0.05, 0.1) is 17.6 Å². The number of aryl methyl sites for hydroxylation is 1. The van der Waals surface area contributed by atoms with E-state index in [2.05, 4.69) is 31.2 Å². The molecule has 29 heavy (non-hydrogen) atoms. The van der Waals surface area contributed by atoms with Crippen molar-refractivity contribution in [3.05, 3.63) is 78.4 Å². The van der Waals surface area contributed by atoms with Gasteiger partial charge in [0.2, 0.25) is 5.95 Å². The third kappa shape index (κ3) is 6.02. The summed E-state index contributed by atoms with van der Waals surface area (Å²) in [5.41, 5.74) is 3.74. The molecule has 0 fully saturated rings. The number of phenolic OH excluding ortho intramolecular Hbond substituents is 1. The molecule has 0 amide bonds. The zero-order chi connectivity index (χ0) is 20.6. The normalized spacial score (nSPS) is 10.6. The van der Waals surface area contributed by atoms with Gasteiger partial charge < -0.3 is 19.9 Å². The highest BCUT2D eigenvalue weighted by molar-refractivity contribution is 5.54. The molecule has 2 N–H and O–H groups in total. The van der Waals surface area contributed by atoms with Gasteiger partial charge in [-0.1, -0.05) is 12.1 Å². The van der Waals surface area contributed by atoms with Crippen molar-refractivity contribution in [2.45, 2.75) is 13.1 Å². The van der Waals surface area contributed by atoms with Crippen LogP contribution in [0.1, 0.15) is 11.1 Å². The molecule has 0 bridgehead atoms. The third-order valence-electron chi connectivity index (χ3n) is 4.24. The zero-order valence-corrected chi connectivity index (χ0v) is 16.9. The molecule has 0 aliphatic heterocycles. The van der Waals surface area contributed by atoms with Crippen LogP contribution in [0.5, 0.6) is 5.75 Å². The van der Waals surface area contributed by atoms with Crippen molar-refractivity contribution >= 4 is 5.95 Å². The summed E-state index contributed by atoms with van der Waals surface area (Å²) >= 11 is 0. The summed E-state index contributed by atoms with van der Waals surface area (Å²) in [5.74, 6) is 0.752. The lowest BCUT2D eigenvalue weighted by Crippen LogP contribution is -2.10. The fourth-order valence-corrected chi connectivity index (χ4v) is 2.84. The van der Waals surface area contributed by atoms with E-state index in [1.807, 2.05) is 56.2 Å². The molecule has 2 aromatic heterocycles. The van der Waals surface area contributed by atoms with Crippen LogP contribution in [0.4, 0.5) is 5.95 Å². The van der Waals surface area contributed by atoms with Crippen LogP contribution in [0.25, 0.3) is 11.4 Å². The summed E-state index contributed by atoms with van der Waals surface area (Å²) in [6.07, 6.45) is 7.32. The number of anilines is 1. The average molecular weight is 390 g/mol. The summed E-state index contributed by atoms with van der Waals surface area (Å²) in [6, 6.07) is 13.0. The van der Waals surface area contributed by atoms with Gasteiger partial charge in [0.25, 0.3) is 0 Å². The van der Waals surface area contributed by atoms with Crippen LogP contribution in [0, 0.1) is 0 Å². The predicted octanol–water partition coefficient (Wildman–Crippen LogP) is 3.38. The van der Waals surface area contributed by atoms with Gasteiger partial charge in [0.1, 0.15) is 5.75 Å². The Labute approximate surface area is 171 Å². The van der Waals surface area contributed by atoms with Gasteiger partial charge in [-0.05, 0) is 55.6 Å². The SMILES string of the molecule is CN(C)Cc1ccncc(-c2ccnc(NCc3cccc(O)c3)n2)n(C)cc1. The number of nitrogens with one attached hydrogen (secondary N) is 1. The first-order chi connectivity index (χ1) is 14.0. The number of hydrogen-bond acceptors (Lipinski definition) is 6. The molecular weight excluding hydrogens is 364 g/mol. The number of hydrogen-bond donors (Lipinski definition) is 2. The molecule has 0 aliphatic carbocycles. The number of benzene rings is 1. The first kappa shape index (κ1) is 20.3. The van der Waals surface area contributed by atoms with E-state index in [-0.39, 0.29) is 5.75 Å². The van der Waals surface area contributed by atoms with Gasteiger partial charge in [-0.15, -0.1) is 0 Å². The second-order valence-corrected chi connectivity index (χ2v) is 7.01. The molecule has 0 aliphatic rings. The summed E-state index contributed by atoms with van der Waals surface area (Å²) in [4.78, 5) is 15.5.